The number of carboxylic acids is 1. The number of aromatic carboxylic acids is 1. The number of carbonyl (C=O) groups is 2. The van der Waals surface area contributed by atoms with Gasteiger partial charge in [-0.15, -0.1) is 0 Å². The Labute approximate surface area is 182 Å². The fourth-order valence-corrected chi connectivity index (χ4v) is 4.22. The maximum absolute atomic E-state index is 12.9. The predicted octanol–water partition coefficient (Wildman–Crippen LogP) is 3.65. The molecule has 0 unspecified atom stereocenters. The zero-order chi connectivity index (χ0) is 23.5. The van der Waals surface area contributed by atoms with Crippen molar-refractivity contribution < 1.29 is 28.0 Å². The Hall–Kier alpha value is -4.25. The number of hydrogen-bond acceptors (Lipinski definition) is 6. The average Bonchev–Trinajstić information content (AvgIpc) is 2.74. The lowest BCUT2D eigenvalue weighted by Crippen LogP contribution is -2.18. The number of para-hydroxylation sites is 1. The highest BCUT2D eigenvalue weighted by Gasteiger charge is 2.21. The van der Waals surface area contributed by atoms with Crippen LogP contribution in [0.2, 0.25) is 0 Å². The first kappa shape index (κ1) is 22.4. The molecule has 0 radical (unpaired) electrons. The van der Waals surface area contributed by atoms with Crippen LogP contribution in [0.15, 0.2) is 71.6 Å². The van der Waals surface area contributed by atoms with E-state index in [-0.39, 0.29) is 33.1 Å². The van der Waals surface area contributed by atoms with Gasteiger partial charge >= 0.3 is 5.97 Å². The largest absolute Gasteiger partial charge is 0.478 e. The fourth-order valence-electron chi connectivity index (χ4n) is 2.90. The van der Waals surface area contributed by atoms with Gasteiger partial charge in [0.15, 0.2) is 0 Å². The molecule has 11 heteroatoms. The van der Waals surface area contributed by atoms with Crippen LogP contribution in [0, 0.1) is 17.0 Å². The number of hydrogen-bond donors (Lipinski definition) is 3. The molecular formula is C21H17N3O7S. The summed E-state index contributed by atoms with van der Waals surface area (Å²) in [6.07, 6.45) is 0. The number of nitrogens with zero attached hydrogens (tertiary/aromatic N) is 1. The average molecular weight is 455 g/mol. The molecular weight excluding hydrogens is 438 g/mol. The van der Waals surface area contributed by atoms with Gasteiger partial charge in [-0.1, -0.05) is 24.3 Å². The van der Waals surface area contributed by atoms with Crippen LogP contribution < -0.4 is 10.0 Å². The van der Waals surface area contributed by atoms with Crippen LogP contribution in [0.3, 0.4) is 0 Å². The normalized spacial score (nSPS) is 10.9. The van der Waals surface area contributed by atoms with Crippen LogP contribution in [0.4, 0.5) is 17.1 Å². The zero-order valence-corrected chi connectivity index (χ0v) is 17.4. The van der Waals surface area contributed by atoms with Crippen molar-refractivity contribution in [2.45, 2.75) is 11.8 Å². The molecule has 0 atom stereocenters. The van der Waals surface area contributed by atoms with Gasteiger partial charge in [0, 0.05) is 17.7 Å². The molecule has 3 rings (SSSR count). The van der Waals surface area contributed by atoms with E-state index in [2.05, 4.69) is 10.0 Å². The predicted molar refractivity (Wildman–Crippen MR) is 116 cm³/mol. The molecule has 164 valence electrons. The highest BCUT2D eigenvalue weighted by molar-refractivity contribution is 7.92. The van der Waals surface area contributed by atoms with E-state index < -0.39 is 26.8 Å². The fraction of sp³-hybridized carbons (Fsp3) is 0.0476. The number of anilines is 2. The van der Waals surface area contributed by atoms with Gasteiger partial charge in [0.25, 0.3) is 21.6 Å². The molecule has 0 aliphatic rings. The van der Waals surface area contributed by atoms with Crippen molar-refractivity contribution in [3.8, 4) is 0 Å². The number of nitro benzene ring substituents is 1. The number of benzene rings is 3. The van der Waals surface area contributed by atoms with Crippen LogP contribution >= 0.6 is 0 Å². The number of rotatable bonds is 7. The summed E-state index contributed by atoms with van der Waals surface area (Å²) in [6.45, 7) is 1.53. The number of nitro groups is 1. The molecule has 3 aromatic rings. The zero-order valence-electron chi connectivity index (χ0n) is 16.6. The minimum atomic E-state index is -4.18. The summed E-state index contributed by atoms with van der Waals surface area (Å²) in [4.78, 5) is 34.1. The van der Waals surface area contributed by atoms with E-state index in [0.29, 0.717) is 5.56 Å². The summed E-state index contributed by atoms with van der Waals surface area (Å²) in [7, 11) is -4.18. The number of non-ortho nitro benzene ring substituents is 1. The first-order chi connectivity index (χ1) is 15.1. The topological polar surface area (TPSA) is 156 Å². The first-order valence-corrected chi connectivity index (χ1v) is 10.6. The highest BCUT2D eigenvalue weighted by atomic mass is 32.2. The van der Waals surface area contributed by atoms with Crippen molar-refractivity contribution in [1.82, 2.24) is 0 Å². The quantitative estimate of drug-likeness (QED) is 0.362. The summed E-state index contributed by atoms with van der Waals surface area (Å²) in [6, 6.07) is 14.8. The number of sulfonamides is 1. The van der Waals surface area contributed by atoms with Gasteiger partial charge in [-0.25, -0.2) is 13.2 Å². The number of aryl methyl sites for hydroxylation is 1. The summed E-state index contributed by atoms with van der Waals surface area (Å²) in [5, 5.41) is 22.6. The van der Waals surface area contributed by atoms with Gasteiger partial charge in [0.05, 0.1) is 26.8 Å². The third kappa shape index (κ3) is 4.90. The van der Waals surface area contributed by atoms with Crippen molar-refractivity contribution in [3.05, 3.63) is 93.5 Å². The lowest BCUT2D eigenvalue weighted by atomic mass is 10.1. The van der Waals surface area contributed by atoms with Gasteiger partial charge in [-0.3, -0.25) is 19.6 Å². The molecule has 0 aliphatic carbocycles. The molecule has 0 fully saturated rings. The van der Waals surface area contributed by atoms with E-state index >= 15 is 0 Å². The van der Waals surface area contributed by atoms with E-state index in [4.69, 9.17) is 0 Å². The summed E-state index contributed by atoms with van der Waals surface area (Å²) >= 11 is 0. The van der Waals surface area contributed by atoms with E-state index in [1.807, 2.05) is 0 Å². The third-order valence-corrected chi connectivity index (χ3v) is 5.98. The monoisotopic (exact) mass is 455 g/mol. The smallest absolute Gasteiger partial charge is 0.337 e. The Morgan fingerprint density at radius 2 is 1.72 bits per heavy atom. The number of nitrogens with one attached hydrogen (secondary N) is 2. The Morgan fingerprint density at radius 3 is 2.41 bits per heavy atom. The summed E-state index contributed by atoms with van der Waals surface area (Å²) in [5.41, 5.74) is -0.0329. The molecule has 32 heavy (non-hydrogen) atoms. The van der Waals surface area contributed by atoms with Crippen LogP contribution in [0.1, 0.15) is 26.3 Å². The molecule has 0 bridgehead atoms. The van der Waals surface area contributed by atoms with Crippen LogP contribution in [-0.4, -0.2) is 30.3 Å². The van der Waals surface area contributed by atoms with Crippen molar-refractivity contribution in [3.63, 3.8) is 0 Å². The summed E-state index contributed by atoms with van der Waals surface area (Å²) < 4.78 is 28.0. The highest BCUT2D eigenvalue weighted by Crippen LogP contribution is 2.24. The Kier molecular flexibility index (Phi) is 6.21. The van der Waals surface area contributed by atoms with Gasteiger partial charge < -0.3 is 10.4 Å². The number of carbonyl (C=O) groups excluding carboxylic acids is 1. The van der Waals surface area contributed by atoms with E-state index in [1.165, 1.54) is 55.5 Å². The molecule has 1 amide bonds. The van der Waals surface area contributed by atoms with Gasteiger partial charge in [-0.05, 0) is 42.8 Å². The Balaban J connectivity index is 1.91. The lowest BCUT2D eigenvalue weighted by Gasteiger charge is -2.13. The summed E-state index contributed by atoms with van der Waals surface area (Å²) in [5.74, 6) is -1.93. The van der Waals surface area contributed by atoms with E-state index in [0.717, 1.165) is 12.1 Å². The molecule has 0 saturated carbocycles. The number of carboxylic acid groups (broad SMARTS) is 1. The van der Waals surface area contributed by atoms with E-state index in [9.17, 15) is 33.2 Å². The van der Waals surface area contributed by atoms with Crippen molar-refractivity contribution >= 4 is 39.0 Å². The van der Waals surface area contributed by atoms with Crippen molar-refractivity contribution in [1.29, 1.82) is 0 Å². The Bertz CT molecular complexity index is 1340. The molecule has 10 nitrogen and oxygen atoms in total. The standard InChI is InChI=1S/C21H17N3O7S/c1-13-9-10-14(20(25)22-18-8-3-2-7-17(18)21(26)27)11-19(13)32(30,31)23-15-5-4-6-16(12-15)24(28)29/h2-12,23H,1H3,(H,22,25)(H,26,27). The maximum Gasteiger partial charge on any atom is 0.337 e. The second-order valence-corrected chi connectivity index (χ2v) is 8.35. The molecule has 0 saturated heterocycles. The molecule has 0 aromatic heterocycles. The second-order valence-electron chi connectivity index (χ2n) is 6.70. The Morgan fingerprint density at radius 1 is 1.00 bits per heavy atom. The molecule has 0 heterocycles. The third-order valence-electron chi connectivity index (χ3n) is 4.45. The maximum atomic E-state index is 12.9. The van der Waals surface area contributed by atoms with Gasteiger partial charge in [0.2, 0.25) is 0 Å². The van der Waals surface area contributed by atoms with Crippen LogP contribution in [0.5, 0.6) is 0 Å². The molecule has 3 N–H and O–H groups in total. The van der Waals surface area contributed by atoms with E-state index in [1.54, 1.807) is 6.07 Å². The van der Waals surface area contributed by atoms with Gasteiger partial charge in [0.1, 0.15) is 0 Å². The number of amides is 1. The lowest BCUT2D eigenvalue weighted by molar-refractivity contribution is -0.384. The first-order valence-electron chi connectivity index (χ1n) is 9.10. The second kappa shape index (κ2) is 8.86. The minimum absolute atomic E-state index is 0.0103. The minimum Gasteiger partial charge on any atom is -0.478 e. The van der Waals surface area contributed by atoms with Crippen molar-refractivity contribution in [2.24, 2.45) is 0 Å². The van der Waals surface area contributed by atoms with Crippen molar-refractivity contribution in [2.75, 3.05) is 10.0 Å². The van der Waals surface area contributed by atoms with Crippen LogP contribution in [0.25, 0.3) is 0 Å². The SMILES string of the molecule is Cc1ccc(C(=O)Nc2ccccc2C(=O)O)cc1S(=O)(=O)Nc1cccc([N+](=O)[O-])c1. The van der Waals surface area contributed by atoms with Crippen LogP contribution in [-0.2, 0) is 10.0 Å². The molecule has 0 aliphatic heterocycles. The molecule has 3 aromatic carbocycles. The van der Waals surface area contributed by atoms with Gasteiger partial charge in [-0.2, -0.15) is 0 Å². The molecule has 0 spiro atoms.